The number of carbonyl (C=O) groups excluding carboxylic acids is 1. The quantitative estimate of drug-likeness (QED) is 0.884. The Morgan fingerprint density at radius 2 is 2.06 bits per heavy atom. The van der Waals surface area contributed by atoms with Crippen LogP contribution in [0.4, 0.5) is 11.4 Å². The molecule has 0 saturated heterocycles. The number of benzene rings is 1. The van der Waals surface area contributed by atoms with Gasteiger partial charge in [0.05, 0.1) is 11.4 Å². The highest BCUT2D eigenvalue weighted by atomic mass is 16.2. The van der Waals surface area contributed by atoms with Crippen LogP contribution in [-0.2, 0) is 4.79 Å². The minimum absolute atomic E-state index is 0.100. The van der Waals surface area contributed by atoms with Gasteiger partial charge in [-0.25, -0.2) is 0 Å². The molecule has 2 rings (SSSR count). The number of amides is 1. The molecule has 1 aromatic rings. The maximum Gasteiger partial charge on any atom is 0.249 e. The van der Waals surface area contributed by atoms with Crippen LogP contribution in [0.1, 0.15) is 33.6 Å². The van der Waals surface area contributed by atoms with Gasteiger partial charge in [0.25, 0.3) is 0 Å². The molecule has 0 bridgehead atoms. The van der Waals surface area contributed by atoms with Gasteiger partial charge in [-0.2, -0.15) is 0 Å². The van der Waals surface area contributed by atoms with Crippen molar-refractivity contribution in [2.75, 3.05) is 16.8 Å². The summed E-state index contributed by atoms with van der Waals surface area (Å²) in [6, 6.07) is 7.97. The van der Waals surface area contributed by atoms with Gasteiger partial charge in [-0.05, 0) is 24.5 Å². The molecule has 0 aliphatic carbocycles. The molecule has 0 aromatic heterocycles. The molecule has 3 heteroatoms. The van der Waals surface area contributed by atoms with Gasteiger partial charge in [0.1, 0.15) is 6.04 Å². The molecule has 18 heavy (non-hydrogen) atoms. The molecule has 1 aromatic carbocycles. The lowest BCUT2D eigenvalue weighted by molar-refractivity contribution is -0.120. The van der Waals surface area contributed by atoms with Crippen molar-refractivity contribution in [1.82, 2.24) is 0 Å². The summed E-state index contributed by atoms with van der Waals surface area (Å²) in [6.07, 6.45) is 2.15. The third-order valence-electron chi connectivity index (χ3n) is 3.44. The highest BCUT2D eigenvalue weighted by Gasteiger charge is 2.33. The van der Waals surface area contributed by atoms with E-state index in [0.717, 1.165) is 30.8 Å². The van der Waals surface area contributed by atoms with Gasteiger partial charge < -0.3 is 10.2 Å². The van der Waals surface area contributed by atoms with Crippen LogP contribution < -0.4 is 10.2 Å². The number of nitrogens with one attached hydrogen (secondary N) is 1. The summed E-state index contributed by atoms with van der Waals surface area (Å²) in [5.41, 5.74) is 2.10. The smallest absolute Gasteiger partial charge is 0.249 e. The number of fused-ring (bicyclic) bond motifs is 1. The number of anilines is 2. The second-order valence-electron chi connectivity index (χ2n) is 5.23. The molecular formula is C15H22N2O. The standard InChI is InChI=1S/C15H22N2O/c1-4-5-10-17-13-9-7-6-8-12(13)16-14(11(2)3)15(17)18/h6-9,11,14,16H,4-5,10H2,1-3H3. The lowest BCUT2D eigenvalue weighted by Gasteiger charge is -2.37. The van der Waals surface area contributed by atoms with Gasteiger partial charge in [0, 0.05) is 6.54 Å². The number of rotatable bonds is 4. The summed E-state index contributed by atoms with van der Waals surface area (Å²) in [4.78, 5) is 14.4. The Balaban J connectivity index is 2.33. The van der Waals surface area contributed by atoms with E-state index in [2.05, 4.69) is 32.2 Å². The second kappa shape index (κ2) is 5.42. The predicted octanol–water partition coefficient (Wildman–Crippen LogP) is 3.27. The van der Waals surface area contributed by atoms with Crippen molar-refractivity contribution in [3.8, 4) is 0 Å². The average molecular weight is 246 g/mol. The minimum Gasteiger partial charge on any atom is -0.372 e. The number of unbranched alkanes of at least 4 members (excludes halogenated alkanes) is 1. The van der Waals surface area contributed by atoms with Crippen molar-refractivity contribution in [2.45, 2.75) is 39.7 Å². The van der Waals surface area contributed by atoms with E-state index in [1.165, 1.54) is 0 Å². The maximum atomic E-state index is 12.5. The highest BCUT2D eigenvalue weighted by Crippen LogP contribution is 2.33. The molecule has 0 radical (unpaired) electrons. The first-order chi connectivity index (χ1) is 8.65. The van der Waals surface area contributed by atoms with Crippen LogP contribution in [0.15, 0.2) is 24.3 Å². The van der Waals surface area contributed by atoms with Gasteiger partial charge in [-0.3, -0.25) is 4.79 Å². The first kappa shape index (κ1) is 12.9. The van der Waals surface area contributed by atoms with E-state index in [1.807, 2.05) is 23.1 Å². The number of nitrogens with zero attached hydrogens (tertiary/aromatic N) is 1. The van der Waals surface area contributed by atoms with E-state index in [1.54, 1.807) is 0 Å². The Bertz CT molecular complexity index is 428. The zero-order valence-electron chi connectivity index (χ0n) is 11.4. The molecule has 1 amide bonds. The summed E-state index contributed by atoms with van der Waals surface area (Å²) in [7, 11) is 0. The number of hydrogen-bond donors (Lipinski definition) is 1. The lowest BCUT2D eigenvalue weighted by Crippen LogP contribution is -2.49. The monoisotopic (exact) mass is 246 g/mol. The van der Waals surface area contributed by atoms with E-state index in [-0.39, 0.29) is 11.9 Å². The molecule has 1 unspecified atom stereocenters. The van der Waals surface area contributed by atoms with Crippen LogP contribution in [0.3, 0.4) is 0 Å². The Morgan fingerprint density at radius 1 is 1.33 bits per heavy atom. The number of para-hydroxylation sites is 2. The molecule has 0 saturated carbocycles. The predicted molar refractivity (Wildman–Crippen MR) is 76.0 cm³/mol. The Morgan fingerprint density at radius 3 is 2.72 bits per heavy atom. The summed E-state index contributed by atoms with van der Waals surface area (Å²) in [5, 5.41) is 3.36. The molecule has 0 spiro atoms. The van der Waals surface area contributed by atoms with E-state index >= 15 is 0 Å². The third-order valence-corrected chi connectivity index (χ3v) is 3.44. The molecule has 0 fully saturated rings. The van der Waals surface area contributed by atoms with Crippen LogP contribution in [0.25, 0.3) is 0 Å². The van der Waals surface area contributed by atoms with Crippen molar-refractivity contribution in [2.24, 2.45) is 5.92 Å². The Kier molecular flexibility index (Phi) is 3.90. The van der Waals surface area contributed by atoms with Crippen molar-refractivity contribution in [3.63, 3.8) is 0 Å². The second-order valence-corrected chi connectivity index (χ2v) is 5.23. The summed E-state index contributed by atoms with van der Waals surface area (Å²) in [6.45, 7) is 7.14. The first-order valence-corrected chi connectivity index (χ1v) is 6.82. The van der Waals surface area contributed by atoms with Crippen molar-refractivity contribution in [3.05, 3.63) is 24.3 Å². The summed E-state index contributed by atoms with van der Waals surface area (Å²) < 4.78 is 0. The van der Waals surface area contributed by atoms with Crippen molar-refractivity contribution >= 4 is 17.3 Å². The number of carbonyl (C=O) groups is 1. The fraction of sp³-hybridized carbons (Fsp3) is 0.533. The largest absolute Gasteiger partial charge is 0.372 e. The van der Waals surface area contributed by atoms with Crippen LogP contribution in [0.5, 0.6) is 0 Å². The van der Waals surface area contributed by atoms with Gasteiger partial charge in [-0.1, -0.05) is 39.3 Å². The summed E-state index contributed by atoms with van der Waals surface area (Å²) >= 11 is 0. The molecule has 1 aliphatic rings. The molecule has 1 heterocycles. The zero-order valence-corrected chi connectivity index (χ0v) is 11.4. The number of hydrogen-bond acceptors (Lipinski definition) is 2. The SMILES string of the molecule is CCCCN1C(=O)C(C(C)C)Nc2ccccc21. The van der Waals surface area contributed by atoms with E-state index < -0.39 is 0 Å². The molecular weight excluding hydrogens is 224 g/mol. The maximum absolute atomic E-state index is 12.5. The van der Waals surface area contributed by atoms with Gasteiger partial charge in [0.2, 0.25) is 5.91 Å². The van der Waals surface area contributed by atoms with E-state index in [0.29, 0.717) is 5.92 Å². The van der Waals surface area contributed by atoms with Gasteiger partial charge >= 0.3 is 0 Å². The van der Waals surface area contributed by atoms with E-state index in [9.17, 15) is 4.79 Å². The fourth-order valence-electron chi connectivity index (χ4n) is 2.35. The van der Waals surface area contributed by atoms with Gasteiger partial charge in [0.15, 0.2) is 0 Å². The van der Waals surface area contributed by atoms with Crippen LogP contribution >= 0.6 is 0 Å². The molecule has 3 nitrogen and oxygen atoms in total. The van der Waals surface area contributed by atoms with Crippen LogP contribution in [-0.4, -0.2) is 18.5 Å². The lowest BCUT2D eigenvalue weighted by atomic mass is 9.98. The van der Waals surface area contributed by atoms with E-state index in [4.69, 9.17) is 0 Å². The molecule has 1 aliphatic heterocycles. The first-order valence-electron chi connectivity index (χ1n) is 6.82. The zero-order chi connectivity index (χ0) is 13.1. The minimum atomic E-state index is -0.100. The average Bonchev–Trinajstić information content (AvgIpc) is 2.37. The van der Waals surface area contributed by atoms with Crippen LogP contribution in [0.2, 0.25) is 0 Å². The van der Waals surface area contributed by atoms with Crippen molar-refractivity contribution < 1.29 is 4.79 Å². The summed E-state index contributed by atoms with van der Waals surface area (Å²) in [5.74, 6) is 0.507. The fourth-order valence-corrected chi connectivity index (χ4v) is 2.35. The van der Waals surface area contributed by atoms with Crippen molar-refractivity contribution in [1.29, 1.82) is 0 Å². The Labute approximate surface area is 109 Å². The normalized spacial score (nSPS) is 18.8. The third kappa shape index (κ3) is 2.35. The topological polar surface area (TPSA) is 32.3 Å². The highest BCUT2D eigenvalue weighted by molar-refractivity contribution is 6.05. The van der Waals surface area contributed by atoms with Gasteiger partial charge in [-0.15, -0.1) is 0 Å². The molecule has 1 N–H and O–H groups in total. The molecule has 98 valence electrons. The molecule has 1 atom stereocenters. The van der Waals surface area contributed by atoms with Crippen LogP contribution in [0, 0.1) is 5.92 Å². The Hall–Kier alpha value is -1.51.